The van der Waals surface area contributed by atoms with Crippen LogP contribution in [0.1, 0.15) is 31.1 Å². The molecular weight excluding hydrogens is 240 g/mol. The number of nitrogens with two attached hydrogens (primary N) is 1. The number of hydrogen-bond acceptors (Lipinski definition) is 4. The highest BCUT2D eigenvalue weighted by Gasteiger charge is 2.47. The Kier molecular flexibility index (Phi) is 2.26. The molecule has 1 aliphatic heterocycles. The van der Waals surface area contributed by atoms with Gasteiger partial charge in [0.05, 0.1) is 16.8 Å². The van der Waals surface area contributed by atoms with Crippen LogP contribution in [0.5, 0.6) is 0 Å². The van der Waals surface area contributed by atoms with Gasteiger partial charge in [-0.1, -0.05) is 6.07 Å². The van der Waals surface area contributed by atoms with Crippen molar-refractivity contribution in [3.05, 3.63) is 23.8 Å². The van der Waals surface area contributed by atoms with E-state index in [1.54, 1.807) is 26.8 Å². The van der Waals surface area contributed by atoms with Crippen LogP contribution in [-0.4, -0.2) is 24.2 Å². The average molecular weight is 254 g/mol. The zero-order valence-corrected chi connectivity index (χ0v) is 10.7. The second-order valence-electron chi connectivity index (χ2n) is 4.97. The predicted octanol–water partition coefficient (Wildman–Crippen LogP) is 1.21. The van der Waals surface area contributed by atoms with Gasteiger partial charge in [0.25, 0.3) is 15.9 Å². The topological polar surface area (TPSA) is 80.5 Å². The Morgan fingerprint density at radius 1 is 1.24 bits per heavy atom. The number of carbonyl (C=O) groups excluding carboxylic acids is 1. The first kappa shape index (κ1) is 11.9. The molecule has 0 bridgehead atoms. The number of hydrogen-bond donors (Lipinski definition) is 1. The number of benzene rings is 1. The van der Waals surface area contributed by atoms with Gasteiger partial charge in [0.1, 0.15) is 4.90 Å². The highest BCUT2D eigenvalue weighted by atomic mass is 32.2. The molecular formula is C11H14N2O3S. The molecule has 5 nitrogen and oxygen atoms in total. The van der Waals surface area contributed by atoms with E-state index in [1.807, 2.05) is 0 Å². The predicted molar refractivity (Wildman–Crippen MR) is 64.0 cm³/mol. The van der Waals surface area contributed by atoms with Crippen LogP contribution in [0.3, 0.4) is 0 Å². The molecule has 6 heteroatoms. The standard InChI is InChI=1S/C11H14N2O3S/c1-11(2,3)13-10(14)7-5-4-6-8(12)9(7)17(13,15)16/h4-6H,12H2,1-3H3. The molecule has 0 saturated carbocycles. The van der Waals surface area contributed by atoms with Crippen molar-refractivity contribution >= 4 is 21.6 Å². The molecule has 1 aromatic carbocycles. The molecule has 0 fully saturated rings. The summed E-state index contributed by atoms with van der Waals surface area (Å²) < 4.78 is 25.5. The second kappa shape index (κ2) is 3.22. The summed E-state index contributed by atoms with van der Waals surface area (Å²) in [7, 11) is -3.83. The number of nitrogen functional groups attached to an aromatic ring is 1. The Morgan fingerprint density at radius 2 is 1.82 bits per heavy atom. The Bertz CT molecular complexity index is 600. The van der Waals surface area contributed by atoms with Gasteiger partial charge >= 0.3 is 0 Å². The third-order valence-corrected chi connectivity index (χ3v) is 4.73. The van der Waals surface area contributed by atoms with Crippen LogP contribution in [0.15, 0.2) is 23.1 Å². The lowest BCUT2D eigenvalue weighted by molar-refractivity contribution is 0.0788. The molecule has 0 aromatic heterocycles. The Hall–Kier alpha value is -1.56. The Morgan fingerprint density at radius 3 is 2.29 bits per heavy atom. The van der Waals surface area contributed by atoms with E-state index in [9.17, 15) is 13.2 Å². The normalized spacial score (nSPS) is 18.3. The van der Waals surface area contributed by atoms with Gasteiger partial charge in [-0.2, -0.15) is 0 Å². The Balaban J connectivity index is 2.79. The molecule has 0 unspecified atom stereocenters. The second-order valence-corrected chi connectivity index (χ2v) is 6.69. The number of nitrogens with zero attached hydrogens (tertiary/aromatic N) is 1. The van der Waals surface area contributed by atoms with Crippen molar-refractivity contribution < 1.29 is 13.2 Å². The van der Waals surface area contributed by atoms with E-state index in [2.05, 4.69) is 0 Å². The molecule has 1 aromatic rings. The minimum atomic E-state index is -3.83. The molecule has 0 radical (unpaired) electrons. The highest BCUT2D eigenvalue weighted by molar-refractivity contribution is 7.90. The zero-order valence-electron chi connectivity index (χ0n) is 9.89. The lowest BCUT2D eigenvalue weighted by Gasteiger charge is -2.29. The van der Waals surface area contributed by atoms with E-state index in [0.29, 0.717) is 0 Å². The van der Waals surface area contributed by atoms with Crippen molar-refractivity contribution in [2.24, 2.45) is 0 Å². The van der Waals surface area contributed by atoms with Crippen LogP contribution in [0, 0.1) is 0 Å². The van der Waals surface area contributed by atoms with Crippen molar-refractivity contribution in [1.29, 1.82) is 0 Å². The summed E-state index contributed by atoms with van der Waals surface area (Å²) in [5, 5.41) is 0. The maximum Gasteiger partial charge on any atom is 0.270 e. The van der Waals surface area contributed by atoms with E-state index < -0.39 is 21.5 Å². The monoisotopic (exact) mass is 254 g/mol. The summed E-state index contributed by atoms with van der Waals surface area (Å²) in [6.07, 6.45) is 0. The summed E-state index contributed by atoms with van der Waals surface area (Å²) in [5.74, 6) is -0.514. The molecule has 2 rings (SSSR count). The molecule has 1 amide bonds. The van der Waals surface area contributed by atoms with Gasteiger partial charge in [-0.3, -0.25) is 4.79 Å². The average Bonchev–Trinajstić information content (AvgIpc) is 2.34. The van der Waals surface area contributed by atoms with Crippen molar-refractivity contribution in [3.8, 4) is 0 Å². The summed E-state index contributed by atoms with van der Waals surface area (Å²) >= 11 is 0. The number of sulfonamides is 1. The molecule has 17 heavy (non-hydrogen) atoms. The lowest BCUT2D eigenvalue weighted by atomic mass is 10.1. The molecule has 0 aliphatic carbocycles. The van der Waals surface area contributed by atoms with Crippen LogP contribution in [0.2, 0.25) is 0 Å². The molecule has 2 N–H and O–H groups in total. The van der Waals surface area contributed by atoms with E-state index >= 15 is 0 Å². The zero-order chi connectivity index (χ0) is 13.0. The summed E-state index contributed by atoms with van der Waals surface area (Å²) in [5.41, 5.74) is 5.12. The minimum absolute atomic E-state index is 0.0695. The summed E-state index contributed by atoms with van der Waals surface area (Å²) in [6.45, 7) is 5.01. The van der Waals surface area contributed by atoms with Crippen molar-refractivity contribution in [2.45, 2.75) is 31.2 Å². The lowest BCUT2D eigenvalue weighted by Crippen LogP contribution is -2.45. The largest absolute Gasteiger partial charge is 0.398 e. The molecule has 0 spiro atoms. The highest BCUT2D eigenvalue weighted by Crippen LogP contribution is 2.38. The molecule has 1 aliphatic rings. The van der Waals surface area contributed by atoms with E-state index in [-0.39, 0.29) is 16.1 Å². The van der Waals surface area contributed by atoms with Gasteiger partial charge in [-0.15, -0.1) is 0 Å². The molecule has 92 valence electrons. The van der Waals surface area contributed by atoms with Crippen LogP contribution in [-0.2, 0) is 10.0 Å². The van der Waals surface area contributed by atoms with Crippen molar-refractivity contribution in [2.75, 3.05) is 5.73 Å². The van der Waals surface area contributed by atoms with Crippen LogP contribution in [0.4, 0.5) is 5.69 Å². The van der Waals surface area contributed by atoms with Gasteiger partial charge in [0, 0.05) is 0 Å². The quantitative estimate of drug-likeness (QED) is 0.706. The van der Waals surface area contributed by atoms with Gasteiger partial charge in [0.15, 0.2) is 0 Å². The SMILES string of the molecule is CC(C)(C)N1C(=O)c2cccc(N)c2S1(=O)=O. The Labute approximate surface area is 100 Å². The van der Waals surface area contributed by atoms with Gasteiger partial charge in [-0.25, -0.2) is 12.7 Å². The molecule has 0 atom stereocenters. The van der Waals surface area contributed by atoms with Crippen molar-refractivity contribution in [1.82, 2.24) is 4.31 Å². The third kappa shape index (κ3) is 1.51. The number of amides is 1. The molecule has 1 heterocycles. The van der Waals surface area contributed by atoms with Gasteiger partial charge in [-0.05, 0) is 32.9 Å². The van der Waals surface area contributed by atoms with Crippen molar-refractivity contribution in [3.63, 3.8) is 0 Å². The fourth-order valence-corrected chi connectivity index (χ4v) is 4.01. The van der Waals surface area contributed by atoms with E-state index in [1.165, 1.54) is 12.1 Å². The number of fused-ring (bicyclic) bond motifs is 1. The first-order valence-electron chi connectivity index (χ1n) is 5.15. The van der Waals surface area contributed by atoms with E-state index in [4.69, 9.17) is 5.73 Å². The van der Waals surface area contributed by atoms with Crippen LogP contribution < -0.4 is 5.73 Å². The number of carbonyl (C=O) groups is 1. The maximum absolute atomic E-state index is 12.3. The first-order valence-corrected chi connectivity index (χ1v) is 6.59. The van der Waals surface area contributed by atoms with E-state index in [0.717, 1.165) is 4.31 Å². The smallest absolute Gasteiger partial charge is 0.270 e. The minimum Gasteiger partial charge on any atom is -0.398 e. The third-order valence-electron chi connectivity index (χ3n) is 2.57. The van der Waals surface area contributed by atoms with Crippen LogP contribution >= 0.6 is 0 Å². The van der Waals surface area contributed by atoms with Gasteiger partial charge < -0.3 is 5.73 Å². The van der Waals surface area contributed by atoms with Gasteiger partial charge in [0.2, 0.25) is 0 Å². The fraction of sp³-hybridized carbons (Fsp3) is 0.364. The summed E-state index contributed by atoms with van der Waals surface area (Å²) in [6, 6.07) is 4.54. The fourth-order valence-electron chi connectivity index (χ4n) is 1.99. The number of anilines is 1. The molecule has 0 saturated heterocycles. The van der Waals surface area contributed by atoms with Crippen LogP contribution in [0.25, 0.3) is 0 Å². The first-order chi connectivity index (χ1) is 7.67. The number of rotatable bonds is 0. The maximum atomic E-state index is 12.3. The summed E-state index contributed by atoms with van der Waals surface area (Å²) in [4.78, 5) is 12.0.